The Bertz CT molecular complexity index is 583. The molecule has 0 radical (unpaired) electrons. The van der Waals surface area contributed by atoms with E-state index >= 15 is 0 Å². The van der Waals surface area contributed by atoms with E-state index < -0.39 is 0 Å². The van der Waals surface area contributed by atoms with Gasteiger partial charge in [-0.25, -0.2) is 9.18 Å². The van der Waals surface area contributed by atoms with Gasteiger partial charge < -0.3 is 10.6 Å². The molecular formula is C15H17FN2OS. The first-order valence-electron chi connectivity index (χ1n) is 6.44. The molecule has 2 amide bonds. The van der Waals surface area contributed by atoms with Gasteiger partial charge in [-0.3, -0.25) is 0 Å². The van der Waals surface area contributed by atoms with Gasteiger partial charge in [0.05, 0.1) is 6.54 Å². The molecule has 0 saturated heterocycles. The molecule has 1 aromatic carbocycles. The van der Waals surface area contributed by atoms with Gasteiger partial charge in [-0.2, -0.15) is 0 Å². The van der Waals surface area contributed by atoms with E-state index in [1.54, 1.807) is 17.4 Å². The van der Waals surface area contributed by atoms with Crippen LogP contribution >= 0.6 is 11.3 Å². The number of carbonyl (C=O) groups is 1. The third kappa shape index (κ3) is 4.35. The molecule has 2 N–H and O–H groups in total. The minimum absolute atomic E-state index is 0.200. The smallest absolute Gasteiger partial charge is 0.315 e. The van der Waals surface area contributed by atoms with Gasteiger partial charge in [-0.15, -0.1) is 11.3 Å². The standard InChI is InChI=1S/C15H17FN2OS/c1-11-6-8-20-14(11)10-18-15(19)17-7-5-12-3-2-4-13(16)9-12/h2-4,6,8-9H,5,7,10H2,1H3,(H2,17,18,19). The fourth-order valence-electron chi connectivity index (χ4n) is 1.82. The molecule has 0 saturated carbocycles. The van der Waals surface area contributed by atoms with Gasteiger partial charge in [-0.1, -0.05) is 12.1 Å². The van der Waals surface area contributed by atoms with E-state index in [9.17, 15) is 9.18 Å². The van der Waals surface area contributed by atoms with Crippen LogP contribution in [0.2, 0.25) is 0 Å². The molecule has 0 unspecified atom stereocenters. The quantitative estimate of drug-likeness (QED) is 0.872. The van der Waals surface area contributed by atoms with Crippen molar-refractivity contribution < 1.29 is 9.18 Å². The Morgan fingerprint density at radius 3 is 2.85 bits per heavy atom. The van der Waals surface area contributed by atoms with E-state index in [-0.39, 0.29) is 11.8 Å². The van der Waals surface area contributed by atoms with Crippen molar-refractivity contribution in [2.24, 2.45) is 0 Å². The van der Waals surface area contributed by atoms with E-state index in [4.69, 9.17) is 0 Å². The summed E-state index contributed by atoms with van der Waals surface area (Å²) in [7, 11) is 0. The zero-order valence-electron chi connectivity index (χ0n) is 11.3. The van der Waals surface area contributed by atoms with Crippen LogP contribution in [-0.2, 0) is 13.0 Å². The lowest BCUT2D eigenvalue weighted by Gasteiger charge is -2.07. The van der Waals surface area contributed by atoms with Crippen LogP contribution in [0.15, 0.2) is 35.7 Å². The Morgan fingerprint density at radius 1 is 1.30 bits per heavy atom. The summed E-state index contributed by atoms with van der Waals surface area (Å²) in [6.07, 6.45) is 0.614. The Morgan fingerprint density at radius 2 is 2.15 bits per heavy atom. The molecule has 0 aliphatic rings. The Hall–Kier alpha value is -1.88. The largest absolute Gasteiger partial charge is 0.338 e. The van der Waals surface area contributed by atoms with Gasteiger partial charge in [0.2, 0.25) is 0 Å². The molecule has 1 heterocycles. The zero-order chi connectivity index (χ0) is 14.4. The molecule has 106 valence electrons. The van der Waals surface area contributed by atoms with Crippen LogP contribution in [0.3, 0.4) is 0 Å². The van der Waals surface area contributed by atoms with Gasteiger partial charge in [0.1, 0.15) is 5.82 Å². The number of urea groups is 1. The van der Waals surface area contributed by atoms with Crippen LogP contribution in [0.1, 0.15) is 16.0 Å². The van der Waals surface area contributed by atoms with Crippen molar-refractivity contribution in [3.63, 3.8) is 0 Å². The van der Waals surface area contributed by atoms with Crippen LogP contribution in [-0.4, -0.2) is 12.6 Å². The number of carbonyl (C=O) groups excluding carboxylic acids is 1. The minimum atomic E-state index is -0.250. The number of amides is 2. The third-order valence-corrected chi connectivity index (χ3v) is 3.99. The van der Waals surface area contributed by atoms with Crippen molar-refractivity contribution in [2.45, 2.75) is 19.9 Å². The lowest BCUT2D eigenvalue weighted by molar-refractivity contribution is 0.240. The maximum atomic E-state index is 13.0. The number of hydrogen-bond donors (Lipinski definition) is 2. The molecule has 0 atom stereocenters. The number of thiophene rings is 1. The number of halogens is 1. The summed E-state index contributed by atoms with van der Waals surface area (Å²) in [6.45, 7) is 3.05. The molecule has 2 aromatic rings. The lowest BCUT2D eigenvalue weighted by Crippen LogP contribution is -2.36. The van der Waals surface area contributed by atoms with E-state index in [1.807, 2.05) is 24.4 Å². The predicted octanol–water partition coefficient (Wildman–Crippen LogP) is 3.24. The van der Waals surface area contributed by atoms with Gasteiger partial charge in [0.25, 0.3) is 0 Å². The Labute approximate surface area is 121 Å². The van der Waals surface area contributed by atoms with Crippen molar-refractivity contribution >= 4 is 17.4 Å². The average molecular weight is 292 g/mol. The molecule has 0 aliphatic carbocycles. The zero-order valence-corrected chi connectivity index (χ0v) is 12.1. The van der Waals surface area contributed by atoms with Crippen LogP contribution in [0, 0.1) is 12.7 Å². The summed E-state index contributed by atoms with van der Waals surface area (Å²) in [5.41, 5.74) is 2.06. The topological polar surface area (TPSA) is 41.1 Å². The summed E-state index contributed by atoms with van der Waals surface area (Å²) >= 11 is 1.63. The minimum Gasteiger partial charge on any atom is -0.338 e. The fraction of sp³-hybridized carbons (Fsp3) is 0.267. The second-order valence-electron chi connectivity index (χ2n) is 4.52. The maximum Gasteiger partial charge on any atom is 0.315 e. The van der Waals surface area contributed by atoms with Crippen LogP contribution in [0.25, 0.3) is 0 Å². The second-order valence-corrected chi connectivity index (χ2v) is 5.52. The summed E-state index contributed by atoms with van der Waals surface area (Å²) in [4.78, 5) is 12.8. The van der Waals surface area contributed by atoms with Gasteiger partial charge in [-0.05, 0) is 48.1 Å². The molecule has 20 heavy (non-hydrogen) atoms. The van der Waals surface area contributed by atoms with E-state index in [1.165, 1.54) is 17.7 Å². The fourth-order valence-corrected chi connectivity index (χ4v) is 2.67. The third-order valence-electron chi connectivity index (χ3n) is 2.97. The highest BCUT2D eigenvalue weighted by atomic mass is 32.1. The van der Waals surface area contributed by atoms with Crippen molar-refractivity contribution in [1.82, 2.24) is 10.6 Å². The van der Waals surface area contributed by atoms with Crippen molar-refractivity contribution in [2.75, 3.05) is 6.54 Å². The highest BCUT2D eigenvalue weighted by molar-refractivity contribution is 7.10. The maximum absolute atomic E-state index is 13.0. The highest BCUT2D eigenvalue weighted by Gasteiger charge is 2.03. The summed E-state index contributed by atoms with van der Waals surface area (Å²) in [5.74, 6) is -0.250. The van der Waals surface area contributed by atoms with E-state index in [0.717, 1.165) is 10.4 Å². The number of aryl methyl sites for hydroxylation is 1. The number of rotatable bonds is 5. The van der Waals surface area contributed by atoms with Crippen molar-refractivity contribution in [1.29, 1.82) is 0 Å². The molecular weight excluding hydrogens is 275 g/mol. The Kier molecular flexibility index (Phi) is 5.12. The lowest BCUT2D eigenvalue weighted by atomic mass is 10.1. The summed E-state index contributed by atoms with van der Waals surface area (Å²) < 4.78 is 13.0. The van der Waals surface area contributed by atoms with Crippen molar-refractivity contribution in [3.8, 4) is 0 Å². The van der Waals surface area contributed by atoms with E-state index in [0.29, 0.717) is 19.5 Å². The molecule has 0 aliphatic heterocycles. The Balaban J connectivity index is 1.69. The van der Waals surface area contributed by atoms with Crippen LogP contribution in [0.4, 0.5) is 9.18 Å². The molecule has 1 aromatic heterocycles. The molecule has 2 rings (SSSR count). The van der Waals surface area contributed by atoms with Crippen LogP contribution < -0.4 is 10.6 Å². The SMILES string of the molecule is Cc1ccsc1CNC(=O)NCCc1cccc(F)c1. The number of benzene rings is 1. The summed E-state index contributed by atoms with van der Waals surface area (Å²) in [5, 5.41) is 7.58. The first-order valence-corrected chi connectivity index (χ1v) is 7.32. The number of hydrogen-bond acceptors (Lipinski definition) is 2. The molecule has 3 nitrogen and oxygen atoms in total. The predicted molar refractivity (Wildman–Crippen MR) is 79.4 cm³/mol. The van der Waals surface area contributed by atoms with Crippen molar-refractivity contribution in [3.05, 3.63) is 57.5 Å². The first kappa shape index (κ1) is 14.5. The van der Waals surface area contributed by atoms with Gasteiger partial charge >= 0.3 is 6.03 Å². The molecule has 5 heteroatoms. The van der Waals surface area contributed by atoms with Gasteiger partial charge in [0.15, 0.2) is 0 Å². The van der Waals surface area contributed by atoms with E-state index in [2.05, 4.69) is 10.6 Å². The highest BCUT2D eigenvalue weighted by Crippen LogP contribution is 2.14. The monoisotopic (exact) mass is 292 g/mol. The summed E-state index contributed by atoms with van der Waals surface area (Å²) in [6, 6.07) is 8.24. The normalized spacial score (nSPS) is 10.3. The molecule has 0 fully saturated rings. The number of nitrogens with one attached hydrogen (secondary N) is 2. The average Bonchev–Trinajstić information content (AvgIpc) is 2.82. The van der Waals surface area contributed by atoms with Crippen LogP contribution in [0.5, 0.6) is 0 Å². The first-order chi connectivity index (χ1) is 9.65. The van der Waals surface area contributed by atoms with Gasteiger partial charge in [0, 0.05) is 11.4 Å². The molecule has 0 bridgehead atoms. The molecule has 0 spiro atoms. The second kappa shape index (κ2) is 7.05.